The van der Waals surface area contributed by atoms with Gasteiger partial charge in [0.05, 0.1) is 23.8 Å². The number of amides is 3. The number of hydrogen-bond donors (Lipinski definition) is 1. The Hall–Kier alpha value is -4.01. The number of ether oxygens (including phenoxy) is 2. The summed E-state index contributed by atoms with van der Waals surface area (Å²) < 4.78 is 9.52. The summed E-state index contributed by atoms with van der Waals surface area (Å²) in [5.41, 5.74) is 1.73. The van der Waals surface area contributed by atoms with Crippen LogP contribution < -0.4 is 5.32 Å². The van der Waals surface area contributed by atoms with Crippen LogP contribution in [0.5, 0.6) is 0 Å². The predicted molar refractivity (Wildman–Crippen MR) is 104 cm³/mol. The summed E-state index contributed by atoms with van der Waals surface area (Å²) in [7, 11) is 1.24. The molecule has 0 fully saturated rings. The molecule has 0 saturated carbocycles. The lowest BCUT2D eigenvalue weighted by Gasteiger charge is -2.13. The standard InChI is InChI=1S/C21H18N2O7/c1-12-7-8-13(21(28)29-2)9-16(12)22-17(24)11-30-18(25)10-23-19(26)14-5-3-4-6-15(14)20(23)27/h3-9H,10-11H2,1-2H3,(H,22,24). The molecule has 0 atom stereocenters. The van der Waals surface area contributed by atoms with Crippen LogP contribution in [0.15, 0.2) is 42.5 Å². The fourth-order valence-corrected chi connectivity index (χ4v) is 2.89. The fourth-order valence-electron chi connectivity index (χ4n) is 2.89. The maximum absolute atomic E-state index is 12.3. The minimum Gasteiger partial charge on any atom is -0.465 e. The van der Waals surface area contributed by atoms with E-state index in [0.717, 1.165) is 4.90 Å². The van der Waals surface area contributed by atoms with Gasteiger partial charge in [0.1, 0.15) is 6.54 Å². The number of fused-ring (bicyclic) bond motifs is 1. The molecule has 2 aromatic rings. The van der Waals surface area contributed by atoms with Crippen molar-refractivity contribution in [3.8, 4) is 0 Å². The molecule has 0 unspecified atom stereocenters. The van der Waals surface area contributed by atoms with E-state index >= 15 is 0 Å². The molecule has 9 heteroatoms. The van der Waals surface area contributed by atoms with Gasteiger partial charge in [-0.05, 0) is 36.8 Å². The van der Waals surface area contributed by atoms with Crippen molar-refractivity contribution in [1.82, 2.24) is 4.90 Å². The molecule has 1 N–H and O–H groups in total. The highest BCUT2D eigenvalue weighted by molar-refractivity contribution is 6.22. The first kappa shape index (κ1) is 20.7. The normalized spacial score (nSPS) is 12.4. The molecule has 9 nitrogen and oxygen atoms in total. The molecular weight excluding hydrogens is 392 g/mol. The molecule has 1 heterocycles. The highest BCUT2D eigenvalue weighted by atomic mass is 16.5. The Balaban J connectivity index is 1.56. The van der Waals surface area contributed by atoms with Crippen molar-refractivity contribution < 1.29 is 33.4 Å². The van der Waals surface area contributed by atoms with Gasteiger partial charge in [0.15, 0.2) is 6.61 Å². The van der Waals surface area contributed by atoms with Gasteiger partial charge in [0.2, 0.25) is 0 Å². The van der Waals surface area contributed by atoms with E-state index < -0.39 is 42.8 Å². The van der Waals surface area contributed by atoms with Gasteiger partial charge in [-0.25, -0.2) is 4.79 Å². The maximum Gasteiger partial charge on any atom is 0.337 e. The lowest BCUT2D eigenvalue weighted by molar-refractivity contribution is -0.147. The molecule has 30 heavy (non-hydrogen) atoms. The third-order valence-electron chi connectivity index (χ3n) is 4.46. The Kier molecular flexibility index (Phi) is 5.91. The molecule has 1 aliphatic rings. The minimum atomic E-state index is -0.903. The number of carbonyl (C=O) groups is 5. The van der Waals surface area contributed by atoms with Crippen LogP contribution in [0.1, 0.15) is 36.6 Å². The van der Waals surface area contributed by atoms with Gasteiger partial charge in [-0.15, -0.1) is 0 Å². The number of imide groups is 1. The number of hydrogen-bond acceptors (Lipinski definition) is 7. The van der Waals surface area contributed by atoms with Gasteiger partial charge >= 0.3 is 11.9 Å². The monoisotopic (exact) mass is 410 g/mol. The zero-order chi connectivity index (χ0) is 21.8. The van der Waals surface area contributed by atoms with Gasteiger partial charge in [-0.3, -0.25) is 24.1 Å². The number of benzene rings is 2. The largest absolute Gasteiger partial charge is 0.465 e. The van der Waals surface area contributed by atoms with E-state index in [1.807, 2.05) is 0 Å². The zero-order valence-corrected chi connectivity index (χ0v) is 16.3. The van der Waals surface area contributed by atoms with Crippen molar-refractivity contribution in [3.63, 3.8) is 0 Å². The molecule has 0 spiro atoms. The van der Waals surface area contributed by atoms with E-state index in [1.165, 1.54) is 25.3 Å². The summed E-state index contributed by atoms with van der Waals surface area (Å²) in [6, 6.07) is 10.9. The molecular formula is C21H18N2O7. The molecule has 1 aliphatic heterocycles. The van der Waals surface area contributed by atoms with Crippen molar-refractivity contribution in [2.24, 2.45) is 0 Å². The van der Waals surface area contributed by atoms with Crippen LogP contribution in [0.25, 0.3) is 0 Å². The number of rotatable bonds is 6. The Labute approximate surface area is 171 Å². The smallest absolute Gasteiger partial charge is 0.337 e. The van der Waals surface area contributed by atoms with E-state index in [1.54, 1.807) is 31.2 Å². The summed E-state index contributed by atoms with van der Waals surface area (Å²) in [5.74, 6) is -3.28. The first-order valence-corrected chi connectivity index (χ1v) is 8.91. The quantitative estimate of drug-likeness (QED) is 0.567. The van der Waals surface area contributed by atoms with Crippen LogP contribution in [0.2, 0.25) is 0 Å². The minimum absolute atomic E-state index is 0.217. The third kappa shape index (κ3) is 4.19. The van der Waals surface area contributed by atoms with Crippen molar-refractivity contribution in [2.45, 2.75) is 6.92 Å². The number of nitrogens with one attached hydrogen (secondary N) is 1. The fraction of sp³-hybridized carbons (Fsp3) is 0.190. The molecule has 3 amide bonds. The highest BCUT2D eigenvalue weighted by Gasteiger charge is 2.36. The third-order valence-corrected chi connectivity index (χ3v) is 4.46. The molecule has 0 bridgehead atoms. The van der Waals surface area contributed by atoms with Crippen LogP contribution in [0.4, 0.5) is 5.69 Å². The first-order valence-electron chi connectivity index (χ1n) is 8.91. The molecule has 154 valence electrons. The average molecular weight is 410 g/mol. The second-order valence-corrected chi connectivity index (χ2v) is 6.47. The number of methoxy groups -OCH3 is 1. The molecule has 0 aliphatic carbocycles. The Bertz CT molecular complexity index is 1030. The summed E-state index contributed by atoms with van der Waals surface area (Å²) in [6.45, 7) is 0.505. The van der Waals surface area contributed by atoms with Crippen molar-refractivity contribution >= 4 is 35.3 Å². The van der Waals surface area contributed by atoms with E-state index in [0.29, 0.717) is 11.3 Å². The molecule has 0 radical (unpaired) electrons. The van der Waals surface area contributed by atoms with Gasteiger partial charge in [0.25, 0.3) is 17.7 Å². The van der Waals surface area contributed by atoms with E-state index in [9.17, 15) is 24.0 Å². The second-order valence-electron chi connectivity index (χ2n) is 6.47. The van der Waals surface area contributed by atoms with Gasteiger partial charge < -0.3 is 14.8 Å². The summed E-state index contributed by atoms with van der Waals surface area (Å²) >= 11 is 0. The number of anilines is 1. The molecule has 0 saturated heterocycles. The molecule has 2 aromatic carbocycles. The van der Waals surface area contributed by atoms with Gasteiger partial charge in [-0.1, -0.05) is 18.2 Å². The molecule has 3 rings (SSSR count). The summed E-state index contributed by atoms with van der Waals surface area (Å²) in [5, 5.41) is 2.54. The van der Waals surface area contributed by atoms with Crippen molar-refractivity contribution in [1.29, 1.82) is 0 Å². The van der Waals surface area contributed by atoms with Crippen molar-refractivity contribution in [2.75, 3.05) is 25.6 Å². The highest BCUT2D eigenvalue weighted by Crippen LogP contribution is 2.22. The number of nitrogens with zero attached hydrogens (tertiary/aromatic N) is 1. The molecule has 0 aromatic heterocycles. The number of carbonyl (C=O) groups excluding carboxylic acids is 5. The lowest BCUT2D eigenvalue weighted by atomic mass is 10.1. The first-order chi connectivity index (χ1) is 14.3. The lowest BCUT2D eigenvalue weighted by Crippen LogP contribution is -2.36. The topological polar surface area (TPSA) is 119 Å². The number of esters is 2. The van der Waals surface area contributed by atoms with Gasteiger partial charge in [-0.2, -0.15) is 0 Å². The van der Waals surface area contributed by atoms with Crippen LogP contribution in [0, 0.1) is 6.92 Å². The van der Waals surface area contributed by atoms with Gasteiger partial charge in [0, 0.05) is 5.69 Å². The summed E-state index contributed by atoms with van der Waals surface area (Å²) in [4.78, 5) is 61.0. The van der Waals surface area contributed by atoms with Crippen LogP contribution in [-0.2, 0) is 19.1 Å². The SMILES string of the molecule is COC(=O)c1ccc(C)c(NC(=O)COC(=O)CN2C(=O)c3ccccc3C2=O)c1. The Morgan fingerprint density at radius 3 is 2.23 bits per heavy atom. The second kappa shape index (κ2) is 8.56. The van der Waals surface area contributed by atoms with E-state index in [2.05, 4.69) is 10.1 Å². The number of aryl methyl sites for hydroxylation is 1. The average Bonchev–Trinajstić information content (AvgIpc) is 2.98. The van der Waals surface area contributed by atoms with E-state index in [4.69, 9.17) is 4.74 Å². The predicted octanol–water partition coefficient (Wildman–Crippen LogP) is 1.56. The summed E-state index contributed by atoms with van der Waals surface area (Å²) in [6.07, 6.45) is 0. The van der Waals surface area contributed by atoms with E-state index in [-0.39, 0.29) is 16.7 Å². The van der Waals surface area contributed by atoms with Crippen LogP contribution in [-0.4, -0.2) is 54.8 Å². The maximum atomic E-state index is 12.3. The van der Waals surface area contributed by atoms with Crippen molar-refractivity contribution in [3.05, 3.63) is 64.7 Å². The van der Waals surface area contributed by atoms with Crippen LogP contribution >= 0.6 is 0 Å². The Morgan fingerprint density at radius 1 is 1.00 bits per heavy atom. The Morgan fingerprint density at radius 2 is 1.63 bits per heavy atom. The van der Waals surface area contributed by atoms with Crippen LogP contribution in [0.3, 0.4) is 0 Å². The zero-order valence-electron chi connectivity index (χ0n) is 16.3.